The van der Waals surface area contributed by atoms with E-state index in [0.717, 1.165) is 21.5 Å². The van der Waals surface area contributed by atoms with Gasteiger partial charge in [-0.15, -0.1) is 0 Å². The second-order valence-electron chi connectivity index (χ2n) is 5.58. The van der Waals surface area contributed by atoms with Gasteiger partial charge in [0, 0.05) is 28.7 Å². The Labute approximate surface area is 168 Å². The Kier molecular flexibility index (Phi) is 4.80. The zero-order valence-corrected chi connectivity index (χ0v) is 16.4. The van der Waals surface area contributed by atoms with Crippen LogP contribution in [0.1, 0.15) is 11.3 Å². The van der Waals surface area contributed by atoms with Gasteiger partial charge in [0.25, 0.3) is 0 Å². The van der Waals surface area contributed by atoms with Crippen LogP contribution >= 0.6 is 39.1 Å². The van der Waals surface area contributed by atoms with Crippen molar-refractivity contribution >= 4 is 56.4 Å². The summed E-state index contributed by atoms with van der Waals surface area (Å²) in [6.45, 7) is 0. The molecule has 0 atom stereocenters. The van der Waals surface area contributed by atoms with Crippen molar-refractivity contribution in [2.45, 2.75) is 6.42 Å². The van der Waals surface area contributed by atoms with E-state index in [0.29, 0.717) is 27.9 Å². The van der Waals surface area contributed by atoms with Crippen LogP contribution in [-0.4, -0.2) is 19.6 Å². The van der Waals surface area contributed by atoms with E-state index >= 15 is 0 Å². The minimum absolute atomic E-state index is 0.503. The number of rotatable bonds is 4. The Morgan fingerprint density at radius 1 is 1.08 bits per heavy atom. The van der Waals surface area contributed by atoms with Gasteiger partial charge in [-0.2, -0.15) is 9.61 Å². The lowest BCUT2D eigenvalue weighted by Crippen LogP contribution is -2.05. The van der Waals surface area contributed by atoms with Gasteiger partial charge >= 0.3 is 0 Å². The van der Waals surface area contributed by atoms with Crippen molar-refractivity contribution in [1.29, 1.82) is 0 Å². The molecule has 0 spiro atoms. The SMILES string of the molecule is Clc1cccc(Cl)c1Cc1cc(Nc2ccccn2)n2ncc(Br)c2n1. The number of anilines is 2. The molecule has 130 valence electrons. The van der Waals surface area contributed by atoms with E-state index in [9.17, 15) is 0 Å². The van der Waals surface area contributed by atoms with E-state index in [1.165, 1.54) is 0 Å². The average molecular weight is 449 g/mol. The van der Waals surface area contributed by atoms with E-state index in [2.05, 4.69) is 31.3 Å². The number of halogens is 3. The van der Waals surface area contributed by atoms with Crippen LogP contribution in [0.15, 0.2) is 59.3 Å². The highest BCUT2D eigenvalue weighted by Crippen LogP contribution is 2.28. The molecule has 1 N–H and O–H groups in total. The van der Waals surface area contributed by atoms with Gasteiger partial charge < -0.3 is 5.32 Å². The smallest absolute Gasteiger partial charge is 0.171 e. The number of hydrogen-bond donors (Lipinski definition) is 1. The molecular weight excluding hydrogens is 437 g/mol. The summed E-state index contributed by atoms with van der Waals surface area (Å²) in [4.78, 5) is 8.99. The molecule has 8 heteroatoms. The fourth-order valence-electron chi connectivity index (χ4n) is 2.62. The molecule has 0 saturated heterocycles. The number of aromatic nitrogens is 4. The third kappa shape index (κ3) is 3.40. The summed E-state index contributed by atoms with van der Waals surface area (Å²) in [6, 6.07) is 13.1. The fraction of sp³-hybridized carbons (Fsp3) is 0.0556. The first kappa shape index (κ1) is 17.3. The van der Waals surface area contributed by atoms with E-state index in [1.54, 1.807) is 16.9 Å². The zero-order chi connectivity index (χ0) is 18.1. The first-order valence-corrected chi connectivity index (χ1v) is 9.31. The molecule has 4 aromatic rings. The molecule has 1 aromatic carbocycles. The van der Waals surface area contributed by atoms with Crippen LogP contribution in [0.25, 0.3) is 5.65 Å². The minimum atomic E-state index is 0.503. The molecule has 0 unspecified atom stereocenters. The maximum absolute atomic E-state index is 6.31. The van der Waals surface area contributed by atoms with Crippen molar-refractivity contribution in [2.24, 2.45) is 0 Å². The van der Waals surface area contributed by atoms with Crippen molar-refractivity contribution in [1.82, 2.24) is 19.6 Å². The van der Waals surface area contributed by atoms with Crippen molar-refractivity contribution in [3.8, 4) is 0 Å². The summed E-state index contributed by atoms with van der Waals surface area (Å²) in [6.07, 6.45) is 3.94. The normalized spacial score (nSPS) is 11.0. The molecular formula is C18H12BrCl2N5. The van der Waals surface area contributed by atoms with E-state index in [4.69, 9.17) is 28.2 Å². The van der Waals surface area contributed by atoms with E-state index in [-0.39, 0.29) is 0 Å². The van der Waals surface area contributed by atoms with E-state index < -0.39 is 0 Å². The van der Waals surface area contributed by atoms with Gasteiger partial charge in [-0.05, 0) is 45.8 Å². The highest BCUT2D eigenvalue weighted by Gasteiger charge is 2.13. The number of fused-ring (bicyclic) bond motifs is 1. The Hall–Kier alpha value is -2.15. The number of nitrogens with zero attached hydrogens (tertiary/aromatic N) is 4. The Balaban J connectivity index is 1.79. The molecule has 0 aliphatic rings. The minimum Gasteiger partial charge on any atom is -0.325 e. The van der Waals surface area contributed by atoms with Crippen molar-refractivity contribution in [3.05, 3.63) is 80.6 Å². The van der Waals surface area contributed by atoms with Gasteiger partial charge in [0.05, 0.1) is 16.4 Å². The third-order valence-electron chi connectivity index (χ3n) is 3.82. The monoisotopic (exact) mass is 447 g/mol. The Morgan fingerprint density at radius 2 is 1.88 bits per heavy atom. The van der Waals surface area contributed by atoms with Gasteiger partial charge in [-0.3, -0.25) is 0 Å². The molecule has 0 saturated carbocycles. The highest BCUT2D eigenvalue weighted by atomic mass is 79.9. The van der Waals surface area contributed by atoms with Gasteiger partial charge in [0.15, 0.2) is 5.65 Å². The largest absolute Gasteiger partial charge is 0.325 e. The molecule has 0 aliphatic carbocycles. The molecule has 3 aromatic heterocycles. The van der Waals surface area contributed by atoms with Gasteiger partial charge in [-0.1, -0.05) is 35.3 Å². The molecule has 3 heterocycles. The molecule has 0 fully saturated rings. The standard InChI is InChI=1S/C18H12BrCl2N5/c19-13-10-23-26-17(25-16-6-1-2-7-22-16)9-11(24-18(13)26)8-12-14(20)4-3-5-15(12)21/h1-7,9-10H,8H2,(H,22,25). The summed E-state index contributed by atoms with van der Waals surface area (Å²) >= 11 is 16.1. The number of benzene rings is 1. The van der Waals surface area contributed by atoms with Crippen LogP contribution in [0, 0.1) is 0 Å². The summed E-state index contributed by atoms with van der Waals surface area (Å²) in [5.74, 6) is 1.46. The molecule has 26 heavy (non-hydrogen) atoms. The van der Waals surface area contributed by atoms with Gasteiger partial charge in [0.2, 0.25) is 0 Å². The second-order valence-corrected chi connectivity index (χ2v) is 7.25. The predicted molar refractivity (Wildman–Crippen MR) is 107 cm³/mol. The fourth-order valence-corrected chi connectivity index (χ4v) is 3.50. The summed E-state index contributed by atoms with van der Waals surface area (Å²) in [5, 5.41) is 8.87. The molecule has 5 nitrogen and oxygen atoms in total. The lowest BCUT2D eigenvalue weighted by molar-refractivity contribution is 0.924. The zero-order valence-electron chi connectivity index (χ0n) is 13.3. The number of hydrogen-bond acceptors (Lipinski definition) is 4. The van der Waals surface area contributed by atoms with Gasteiger partial charge in [0.1, 0.15) is 11.6 Å². The Bertz CT molecular complexity index is 1060. The highest BCUT2D eigenvalue weighted by molar-refractivity contribution is 9.10. The second kappa shape index (κ2) is 7.23. The number of nitrogens with one attached hydrogen (secondary N) is 1. The van der Waals surface area contributed by atoms with Crippen LogP contribution in [0.5, 0.6) is 0 Å². The van der Waals surface area contributed by atoms with Crippen LogP contribution in [0.2, 0.25) is 10.0 Å². The predicted octanol–water partition coefficient (Wildman–Crippen LogP) is 5.53. The molecule has 0 amide bonds. The maximum Gasteiger partial charge on any atom is 0.171 e. The van der Waals surface area contributed by atoms with Crippen molar-refractivity contribution in [2.75, 3.05) is 5.32 Å². The van der Waals surface area contributed by atoms with Crippen LogP contribution in [0.4, 0.5) is 11.6 Å². The van der Waals surface area contributed by atoms with Gasteiger partial charge in [-0.25, -0.2) is 9.97 Å². The van der Waals surface area contributed by atoms with Crippen molar-refractivity contribution < 1.29 is 0 Å². The maximum atomic E-state index is 6.31. The van der Waals surface area contributed by atoms with Crippen molar-refractivity contribution in [3.63, 3.8) is 0 Å². The van der Waals surface area contributed by atoms with Crippen LogP contribution < -0.4 is 5.32 Å². The number of pyridine rings is 1. The molecule has 0 radical (unpaired) electrons. The molecule has 4 rings (SSSR count). The van der Waals surface area contributed by atoms with Crippen LogP contribution in [0.3, 0.4) is 0 Å². The first-order valence-electron chi connectivity index (χ1n) is 7.76. The topological polar surface area (TPSA) is 55.1 Å². The molecule has 0 aliphatic heterocycles. The third-order valence-corrected chi connectivity index (χ3v) is 5.09. The first-order chi connectivity index (χ1) is 12.6. The lowest BCUT2D eigenvalue weighted by atomic mass is 10.1. The molecule has 0 bridgehead atoms. The van der Waals surface area contributed by atoms with Crippen LogP contribution in [-0.2, 0) is 6.42 Å². The summed E-state index contributed by atoms with van der Waals surface area (Å²) in [7, 11) is 0. The summed E-state index contributed by atoms with van der Waals surface area (Å²) in [5.41, 5.74) is 2.35. The lowest BCUT2D eigenvalue weighted by Gasteiger charge is -2.11. The quantitative estimate of drug-likeness (QED) is 0.446. The Morgan fingerprint density at radius 3 is 2.62 bits per heavy atom. The average Bonchev–Trinajstić information content (AvgIpc) is 3.01. The summed E-state index contributed by atoms with van der Waals surface area (Å²) < 4.78 is 2.52. The van der Waals surface area contributed by atoms with E-state index in [1.807, 2.05) is 42.5 Å².